The molecule has 1 aromatic carbocycles. The first-order chi connectivity index (χ1) is 7.45. The first-order valence-electron chi connectivity index (χ1n) is 4.45. The van der Waals surface area contributed by atoms with E-state index in [0.717, 1.165) is 12.1 Å². The summed E-state index contributed by atoms with van der Waals surface area (Å²) in [7, 11) is 0. The van der Waals surface area contributed by atoms with Crippen LogP contribution in [0.4, 0.5) is 13.2 Å². The van der Waals surface area contributed by atoms with E-state index in [2.05, 4.69) is 24.5 Å². The van der Waals surface area contributed by atoms with Gasteiger partial charge in [-0.3, -0.25) is 0 Å². The highest BCUT2D eigenvalue weighted by atomic mass is 32.1. The van der Waals surface area contributed by atoms with Crippen molar-refractivity contribution in [3.8, 4) is 17.6 Å². The number of aromatic hydroxyl groups is 1. The van der Waals surface area contributed by atoms with Gasteiger partial charge in [-0.25, -0.2) is 0 Å². The summed E-state index contributed by atoms with van der Waals surface area (Å²) in [6.45, 7) is 0. The molecule has 0 atom stereocenters. The third-order valence-corrected chi connectivity index (χ3v) is 2.00. The van der Waals surface area contributed by atoms with E-state index in [4.69, 9.17) is 5.11 Å². The molecule has 0 aliphatic rings. The Morgan fingerprint density at radius 1 is 1.31 bits per heavy atom. The zero-order valence-corrected chi connectivity index (χ0v) is 9.07. The summed E-state index contributed by atoms with van der Waals surface area (Å²) in [5, 5.41) is 9.06. The molecular weight excluding hydrogens is 237 g/mol. The fourth-order valence-electron chi connectivity index (χ4n) is 1.06. The maximum atomic E-state index is 12.4. The highest BCUT2D eigenvalue weighted by Crippen LogP contribution is 2.35. The molecule has 0 saturated carbocycles. The summed E-state index contributed by atoms with van der Waals surface area (Å²) in [6, 6.07) is 3.17. The van der Waals surface area contributed by atoms with Crippen LogP contribution in [0.5, 0.6) is 5.75 Å². The Balaban J connectivity index is 3.05. The molecule has 5 heteroatoms. The molecule has 0 amide bonds. The lowest BCUT2D eigenvalue weighted by Crippen LogP contribution is -2.05. The summed E-state index contributed by atoms with van der Waals surface area (Å²) >= 11 is 3.93. The lowest BCUT2D eigenvalue weighted by molar-refractivity contribution is -0.138. The molecule has 0 aromatic heterocycles. The maximum Gasteiger partial charge on any atom is 0.419 e. The van der Waals surface area contributed by atoms with Crippen LogP contribution in [-0.2, 0) is 6.18 Å². The largest absolute Gasteiger partial charge is 0.507 e. The van der Waals surface area contributed by atoms with E-state index < -0.39 is 17.5 Å². The van der Waals surface area contributed by atoms with Crippen molar-refractivity contribution in [3.05, 3.63) is 29.3 Å². The van der Waals surface area contributed by atoms with Gasteiger partial charge >= 0.3 is 6.18 Å². The third-order valence-electron chi connectivity index (χ3n) is 1.77. The molecular formula is C11H9F3OS. The predicted molar refractivity (Wildman–Crippen MR) is 58.5 cm³/mol. The monoisotopic (exact) mass is 246 g/mol. The van der Waals surface area contributed by atoms with Gasteiger partial charge in [0, 0.05) is 17.7 Å². The fourth-order valence-corrected chi connectivity index (χ4v) is 1.17. The van der Waals surface area contributed by atoms with Gasteiger partial charge in [0.15, 0.2) is 0 Å². The second-order valence-electron chi connectivity index (χ2n) is 3.01. The average molecular weight is 246 g/mol. The standard InChI is InChI=1S/C11H9F3OS/c12-11(13,14)9-7-8(3-1-2-6-16)4-5-10(9)15/h4-5,7,15-16H,2,6H2. The summed E-state index contributed by atoms with van der Waals surface area (Å²) in [6.07, 6.45) is -4.06. The average Bonchev–Trinajstić information content (AvgIpc) is 2.19. The van der Waals surface area contributed by atoms with Crippen LogP contribution in [0.1, 0.15) is 17.5 Å². The van der Waals surface area contributed by atoms with Gasteiger partial charge in [-0.1, -0.05) is 11.8 Å². The summed E-state index contributed by atoms with van der Waals surface area (Å²) < 4.78 is 37.2. The smallest absolute Gasteiger partial charge is 0.419 e. The minimum atomic E-state index is -4.56. The van der Waals surface area contributed by atoms with Crippen LogP contribution >= 0.6 is 12.6 Å². The highest BCUT2D eigenvalue weighted by Gasteiger charge is 2.33. The normalized spacial score (nSPS) is 10.8. The SMILES string of the molecule is Oc1ccc(C#CCCS)cc1C(F)(F)F. The number of alkyl halides is 3. The second kappa shape index (κ2) is 5.17. The molecule has 0 saturated heterocycles. The number of hydrogen-bond acceptors (Lipinski definition) is 2. The van der Waals surface area contributed by atoms with Gasteiger partial charge in [0.1, 0.15) is 5.75 Å². The van der Waals surface area contributed by atoms with Crippen molar-refractivity contribution < 1.29 is 18.3 Å². The Labute approximate surface area is 96.7 Å². The molecule has 1 rings (SSSR count). The first kappa shape index (κ1) is 12.8. The Morgan fingerprint density at radius 3 is 2.56 bits per heavy atom. The van der Waals surface area contributed by atoms with Crippen LogP contribution < -0.4 is 0 Å². The quantitative estimate of drug-likeness (QED) is 0.576. The van der Waals surface area contributed by atoms with Gasteiger partial charge < -0.3 is 5.11 Å². The molecule has 86 valence electrons. The van der Waals surface area contributed by atoms with Crippen molar-refractivity contribution in [1.29, 1.82) is 0 Å². The number of phenolic OH excluding ortho intramolecular Hbond substituents is 1. The number of hydrogen-bond donors (Lipinski definition) is 2. The maximum absolute atomic E-state index is 12.4. The van der Waals surface area contributed by atoms with E-state index in [0.29, 0.717) is 12.2 Å². The van der Waals surface area contributed by atoms with Crippen LogP contribution in [0.15, 0.2) is 18.2 Å². The van der Waals surface area contributed by atoms with Crippen LogP contribution in [0, 0.1) is 11.8 Å². The van der Waals surface area contributed by atoms with Gasteiger partial charge in [-0.2, -0.15) is 25.8 Å². The Bertz CT molecular complexity index is 429. The molecule has 16 heavy (non-hydrogen) atoms. The number of phenols is 1. The molecule has 0 heterocycles. The number of halogens is 3. The van der Waals surface area contributed by atoms with E-state index in [9.17, 15) is 13.2 Å². The molecule has 0 spiro atoms. The lowest BCUT2D eigenvalue weighted by atomic mass is 10.1. The summed E-state index contributed by atoms with van der Waals surface area (Å²) in [5.74, 6) is 5.02. The topological polar surface area (TPSA) is 20.2 Å². The molecule has 0 unspecified atom stereocenters. The molecule has 1 N–H and O–H groups in total. The van der Waals surface area contributed by atoms with Gasteiger partial charge in [-0.15, -0.1) is 0 Å². The van der Waals surface area contributed by atoms with Crippen LogP contribution in [0.2, 0.25) is 0 Å². The number of benzene rings is 1. The van der Waals surface area contributed by atoms with E-state index in [1.165, 1.54) is 6.07 Å². The molecule has 1 nitrogen and oxygen atoms in total. The second-order valence-corrected chi connectivity index (χ2v) is 3.45. The molecule has 0 radical (unpaired) electrons. The predicted octanol–water partition coefficient (Wildman–Crippen LogP) is 3.08. The van der Waals surface area contributed by atoms with Crippen molar-refractivity contribution >= 4 is 12.6 Å². The van der Waals surface area contributed by atoms with Crippen molar-refractivity contribution in [3.63, 3.8) is 0 Å². The first-order valence-corrected chi connectivity index (χ1v) is 5.08. The molecule has 0 aliphatic heterocycles. The van der Waals surface area contributed by atoms with Crippen molar-refractivity contribution in [2.24, 2.45) is 0 Å². The van der Waals surface area contributed by atoms with Gasteiger partial charge in [0.05, 0.1) is 5.56 Å². The Kier molecular flexibility index (Phi) is 4.13. The molecule has 1 aromatic rings. The number of thiol groups is 1. The zero-order valence-electron chi connectivity index (χ0n) is 8.17. The van der Waals surface area contributed by atoms with Crippen molar-refractivity contribution in [2.45, 2.75) is 12.6 Å². The summed E-state index contributed by atoms with van der Waals surface area (Å²) in [5.41, 5.74) is -0.836. The van der Waals surface area contributed by atoms with Crippen molar-refractivity contribution in [1.82, 2.24) is 0 Å². The minimum Gasteiger partial charge on any atom is -0.507 e. The Morgan fingerprint density at radius 2 is 2.00 bits per heavy atom. The minimum absolute atomic E-state index is 0.229. The van der Waals surface area contributed by atoms with Crippen LogP contribution in [0.3, 0.4) is 0 Å². The van der Waals surface area contributed by atoms with E-state index >= 15 is 0 Å². The van der Waals surface area contributed by atoms with Gasteiger partial charge in [0.25, 0.3) is 0 Å². The van der Waals surface area contributed by atoms with E-state index in [-0.39, 0.29) is 5.56 Å². The van der Waals surface area contributed by atoms with Gasteiger partial charge in [-0.05, 0) is 18.2 Å². The molecule has 0 aliphatic carbocycles. The Hall–Kier alpha value is -1.28. The van der Waals surface area contributed by atoms with E-state index in [1.54, 1.807) is 0 Å². The van der Waals surface area contributed by atoms with Crippen LogP contribution in [-0.4, -0.2) is 10.9 Å². The van der Waals surface area contributed by atoms with Gasteiger partial charge in [0.2, 0.25) is 0 Å². The highest BCUT2D eigenvalue weighted by molar-refractivity contribution is 7.80. The molecule has 0 bridgehead atoms. The van der Waals surface area contributed by atoms with Crippen molar-refractivity contribution in [2.75, 3.05) is 5.75 Å². The third kappa shape index (κ3) is 3.38. The van der Waals surface area contributed by atoms with E-state index in [1.807, 2.05) is 0 Å². The fraction of sp³-hybridized carbons (Fsp3) is 0.273. The summed E-state index contributed by atoms with van der Waals surface area (Å²) in [4.78, 5) is 0. The van der Waals surface area contributed by atoms with Crippen LogP contribution in [0.25, 0.3) is 0 Å². The lowest BCUT2D eigenvalue weighted by Gasteiger charge is -2.08. The molecule has 0 fully saturated rings. The number of rotatable bonds is 1. The zero-order chi connectivity index (χ0) is 12.2.